The quantitative estimate of drug-likeness (QED) is 0.855. The Morgan fingerprint density at radius 2 is 1.81 bits per heavy atom. The van der Waals surface area contributed by atoms with Crippen LogP contribution in [0.25, 0.3) is 0 Å². The summed E-state index contributed by atoms with van der Waals surface area (Å²) < 4.78 is 14.5. The van der Waals surface area contributed by atoms with Crippen LogP contribution in [0, 0.1) is 19.7 Å². The van der Waals surface area contributed by atoms with Crippen molar-refractivity contribution in [1.29, 1.82) is 0 Å². The van der Waals surface area contributed by atoms with Gasteiger partial charge in [0.2, 0.25) is 0 Å². The molecule has 21 heavy (non-hydrogen) atoms. The van der Waals surface area contributed by atoms with Gasteiger partial charge in [-0.25, -0.2) is 4.39 Å². The van der Waals surface area contributed by atoms with Gasteiger partial charge in [0.1, 0.15) is 5.82 Å². The van der Waals surface area contributed by atoms with E-state index in [2.05, 4.69) is 21.2 Å². The maximum Gasteiger partial charge on any atom is 0.251 e. The van der Waals surface area contributed by atoms with Crippen molar-refractivity contribution in [3.8, 4) is 0 Å². The summed E-state index contributed by atoms with van der Waals surface area (Å²) in [5.74, 6) is -0.434. The molecular weight excluding hydrogens is 333 g/mol. The Labute approximate surface area is 132 Å². The molecule has 0 aliphatic heterocycles. The lowest BCUT2D eigenvalue weighted by Crippen LogP contribution is -2.26. The van der Waals surface area contributed by atoms with Crippen LogP contribution in [0.5, 0.6) is 0 Å². The summed E-state index contributed by atoms with van der Waals surface area (Å²) in [5, 5.41) is 2.88. The minimum Gasteiger partial charge on any atom is -0.346 e. The second-order valence-corrected chi connectivity index (χ2v) is 6.02. The fourth-order valence-corrected chi connectivity index (χ4v) is 2.35. The number of rotatable bonds is 3. The van der Waals surface area contributed by atoms with Crippen molar-refractivity contribution in [1.82, 2.24) is 5.32 Å². The normalized spacial score (nSPS) is 12.0. The van der Waals surface area contributed by atoms with Gasteiger partial charge in [0.25, 0.3) is 5.91 Å². The van der Waals surface area contributed by atoms with Gasteiger partial charge in [0.05, 0.1) is 6.04 Å². The lowest BCUT2D eigenvalue weighted by atomic mass is 10.1. The molecule has 0 fully saturated rings. The molecule has 0 aliphatic carbocycles. The molecule has 0 saturated carbocycles. The summed E-state index contributed by atoms with van der Waals surface area (Å²) in [5.41, 5.74) is 2.99. The summed E-state index contributed by atoms with van der Waals surface area (Å²) in [4.78, 5) is 12.2. The molecule has 2 rings (SSSR count). The first kappa shape index (κ1) is 15.7. The average molecular weight is 350 g/mol. The first-order chi connectivity index (χ1) is 9.88. The van der Waals surface area contributed by atoms with E-state index in [0.717, 1.165) is 15.6 Å². The SMILES string of the molecule is Cc1ccc(C(C)NC(=O)c2ccc(C)c(Br)c2)cc1F. The molecule has 1 unspecified atom stereocenters. The Morgan fingerprint density at radius 3 is 2.43 bits per heavy atom. The molecule has 0 bridgehead atoms. The van der Waals surface area contributed by atoms with Crippen LogP contribution in [0.15, 0.2) is 40.9 Å². The summed E-state index contributed by atoms with van der Waals surface area (Å²) in [6.07, 6.45) is 0. The van der Waals surface area contributed by atoms with Gasteiger partial charge in [0, 0.05) is 10.0 Å². The van der Waals surface area contributed by atoms with Crippen LogP contribution in [0.3, 0.4) is 0 Å². The summed E-state index contributed by atoms with van der Waals surface area (Å²) in [6.45, 7) is 5.51. The maximum absolute atomic E-state index is 13.6. The lowest BCUT2D eigenvalue weighted by Gasteiger charge is -2.15. The zero-order valence-corrected chi connectivity index (χ0v) is 13.8. The van der Waals surface area contributed by atoms with E-state index in [1.807, 2.05) is 26.0 Å². The minimum absolute atomic E-state index is 0.177. The van der Waals surface area contributed by atoms with Gasteiger partial charge in [-0.05, 0) is 55.7 Å². The topological polar surface area (TPSA) is 29.1 Å². The fraction of sp³-hybridized carbons (Fsp3) is 0.235. The van der Waals surface area contributed by atoms with Crippen molar-refractivity contribution < 1.29 is 9.18 Å². The minimum atomic E-state index is -0.258. The molecule has 4 heteroatoms. The number of halogens is 2. The van der Waals surface area contributed by atoms with Crippen molar-refractivity contribution >= 4 is 21.8 Å². The standard InChI is InChI=1S/C17H17BrFNO/c1-10-4-7-14(8-15(10)18)17(21)20-12(3)13-6-5-11(2)16(19)9-13/h4-9,12H,1-3H3,(H,20,21). The molecule has 2 aromatic carbocycles. The molecular formula is C17H17BrFNO. The number of amides is 1. The summed E-state index contributed by atoms with van der Waals surface area (Å²) in [6, 6.07) is 10.2. The average Bonchev–Trinajstić information content (AvgIpc) is 2.44. The van der Waals surface area contributed by atoms with E-state index in [1.54, 1.807) is 25.1 Å². The van der Waals surface area contributed by atoms with Crippen molar-refractivity contribution in [2.24, 2.45) is 0 Å². The van der Waals surface area contributed by atoms with Crippen molar-refractivity contribution in [2.45, 2.75) is 26.8 Å². The summed E-state index contributed by atoms with van der Waals surface area (Å²) >= 11 is 3.41. The zero-order valence-electron chi connectivity index (χ0n) is 12.2. The number of nitrogens with one attached hydrogen (secondary N) is 1. The number of carbonyl (C=O) groups is 1. The van der Waals surface area contributed by atoms with Crippen LogP contribution >= 0.6 is 15.9 Å². The van der Waals surface area contributed by atoms with E-state index in [0.29, 0.717) is 11.1 Å². The van der Waals surface area contributed by atoms with Gasteiger partial charge in [-0.15, -0.1) is 0 Å². The van der Waals surface area contributed by atoms with E-state index in [-0.39, 0.29) is 17.8 Å². The number of hydrogen-bond acceptors (Lipinski definition) is 1. The molecule has 0 radical (unpaired) electrons. The van der Waals surface area contributed by atoms with Gasteiger partial charge in [-0.2, -0.15) is 0 Å². The maximum atomic E-state index is 13.6. The molecule has 1 amide bonds. The third-order valence-corrected chi connectivity index (χ3v) is 4.33. The molecule has 0 aliphatic rings. The second kappa shape index (κ2) is 6.39. The molecule has 2 nitrogen and oxygen atoms in total. The number of aryl methyl sites for hydroxylation is 2. The largest absolute Gasteiger partial charge is 0.346 e. The Balaban J connectivity index is 2.14. The van der Waals surface area contributed by atoms with Gasteiger partial charge >= 0.3 is 0 Å². The lowest BCUT2D eigenvalue weighted by molar-refractivity contribution is 0.0939. The predicted octanol–water partition coefficient (Wildman–Crippen LogP) is 4.70. The van der Waals surface area contributed by atoms with E-state index in [9.17, 15) is 9.18 Å². The van der Waals surface area contributed by atoms with Crippen LogP contribution in [-0.4, -0.2) is 5.91 Å². The van der Waals surface area contributed by atoms with Gasteiger partial charge in [-0.3, -0.25) is 4.79 Å². The van der Waals surface area contributed by atoms with Crippen LogP contribution in [0.2, 0.25) is 0 Å². The second-order valence-electron chi connectivity index (χ2n) is 5.17. The fourth-order valence-electron chi connectivity index (χ4n) is 1.98. The highest BCUT2D eigenvalue weighted by Gasteiger charge is 2.13. The predicted molar refractivity (Wildman–Crippen MR) is 85.9 cm³/mol. The summed E-state index contributed by atoms with van der Waals surface area (Å²) in [7, 11) is 0. The zero-order chi connectivity index (χ0) is 15.6. The molecule has 1 N–H and O–H groups in total. The Hall–Kier alpha value is -1.68. The molecule has 0 heterocycles. The van der Waals surface area contributed by atoms with Crippen LogP contribution in [-0.2, 0) is 0 Å². The number of benzene rings is 2. The molecule has 1 atom stereocenters. The van der Waals surface area contributed by atoms with E-state index >= 15 is 0 Å². The van der Waals surface area contributed by atoms with Crippen LogP contribution in [0.4, 0.5) is 4.39 Å². The van der Waals surface area contributed by atoms with Crippen LogP contribution in [0.1, 0.15) is 40.0 Å². The highest BCUT2D eigenvalue weighted by Crippen LogP contribution is 2.20. The van der Waals surface area contributed by atoms with Crippen molar-refractivity contribution in [3.63, 3.8) is 0 Å². The smallest absolute Gasteiger partial charge is 0.251 e. The monoisotopic (exact) mass is 349 g/mol. The van der Waals surface area contributed by atoms with Crippen molar-refractivity contribution in [2.75, 3.05) is 0 Å². The number of hydrogen-bond donors (Lipinski definition) is 1. The Bertz CT molecular complexity index is 684. The van der Waals surface area contributed by atoms with E-state index < -0.39 is 0 Å². The van der Waals surface area contributed by atoms with Gasteiger partial charge in [0.15, 0.2) is 0 Å². The van der Waals surface area contributed by atoms with E-state index in [4.69, 9.17) is 0 Å². The third kappa shape index (κ3) is 3.70. The highest BCUT2D eigenvalue weighted by molar-refractivity contribution is 9.10. The van der Waals surface area contributed by atoms with E-state index in [1.165, 1.54) is 6.07 Å². The molecule has 0 aromatic heterocycles. The number of carbonyl (C=O) groups excluding carboxylic acids is 1. The third-order valence-electron chi connectivity index (χ3n) is 3.48. The Morgan fingerprint density at radius 1 is 1.14 bits per heavy atom. The molecule has 0 spiro atoms. The Kier molecular flexibility index (Phi) is 4.78. The molecule has 110 valence electrons. The van der Waals surface area contributed by atoms with Gasteiger partial charge in [-0.1, -0.05) is 34.1 Å². The van der Waals surface area contributed by atoms with Gasteiger partial charge < -0.3 is 5.32 Å². The first-order valence-corrected chi connectivity index (χ1v) is 7.51. The van der Waals surface area contributed by atoms with Crippen molar-refractivity contribution in [3.05, 3.63) is 68.9 Å². The molecule has 2 aromatic rings. The van der Waals surface area contributed by atoms with Crippen LogP contribution < -0.4 is 5.32 Å². The highest BCUT2D eigenvalue weighted by atomic mass is 79.9. The first-order valence-electron chi connectivity index (χ1n) is 6.71. The molecule has 0 saturated heterocycles.